The van der Waals surface area contributed by atoms with Crippen LogP contribution >= 0.6 is 11.6 Å². The number of alkyl halides is 3. The molecule has 28 heavy (non-hydrogen) atoms. The first-order valence-corrected chi connectivity index (χ1v) is 8.81. The molecule has 3 rings (SSSR count). The number of nitrogens with zero attached hydrogens (tertiary/aromatic N) is 1. The number of carbonyl (C=O) groups excluding carboxylic acids is 1. The van der Waals surface area contributed by atoms with E-state index in [1.54, 1.807) is 16.7 Å². The Bertz CT molecular complexity index is 1140. The Kier molecular flexibility index (Phi) is 5.21. The molecule has 0 radical (unpaired) electrons. The zero-order valence-corrected chi connectivity index (χ0v) is 15.8. The monoisotopic (exact) mass is 408 g/mol. The van der Waals surface area contributed by atoms with Crippen LogP contribution in [0, 0.1) is 6.92 Å². The summed E-state index contributed by atoms with van der Waals surface area (Å²) in [4.78, 5) is 25.5. The third kappa shape index (κ3) is 3.75. The van der Waals surface area contributed by atoms with Crippen LogP contribution in [0.5, 0.6) is 0 Å². The molecule has 1 heterocycles. The largest absolute Gasteiger partial charge is 0.416 e. The second-order valence-electron chi connectivity index (χ2n) is 6.33. The molecule has 0 saturated heterocycles. The smallest absolute Gasteiger partial charge is 0.347 e. The van der Waals surface area contributed by atoms with E-state index in [9.17, 15) is 22.8 Å². The fourth-order valence-electron chi connectivity index (χ4n) is 2.92. The number of carbonyl (C=O) groups is 1. The lowest BCUT2D eigenvalue weighted by atomic mass is 10.1. The van der Waals surface area contributed by atoms with E-state index in [-0.39, 0.29) is 16.3 Å². The van der Waals surface area contributed by atoms with E-state index in [0.717, 1.165) is 23.8 Å². The quantitative estimate of drug-likeness (QED) is 0.643. The Morgan fingerprint density at radius 3 is 2.54 bits per heavy atom. The minimum atomic E-state index is -4.58. The van der Waals surface area contributed by atoms with Gasteiger partial charge in [-0.1, -0.05) is 23.2 Å². The number of nitrogens with one attached hydrogen (secondary N) is 1. The molecule has 3 aromatic rings. The van der Waals surface area contributed by atoms with Crippen molar-refractivity contribution in [2.24, 2.45) is 0 Å². The summed E-state index contributed by atoms with van der Waals surface area (Å²) in [6.45, 7) is 4.18. The fourth-order valence-corrected chi connectivity index (χ4v) is 3.09. The number of fused-ring (bicyclic) bond motifs is 1. The summed E-state index contributed by atoms with van der Waals surface area (Å²) in [6.07, 6.45) is -3.18. The summed E-state index contributed by atoms with van der Waals surface area (Å²) in [5.74, 6) is -0.822. The van der Waals surface area contributed by atoms with Crippen LogP contribution in [0.15, 0.2) is 47.4 Å². The predicted molar refractivity (Wildman–Crippen MR) is 103 cm³/mol. The van der Waals surface area contributed by atoms with Gasteiger partial charge in [0, 0.05) is 18.1 Å². The van der Waals surface area contributed by atoms with E-state index in [0.29, 0.717) is 17.4 Å². The second kappa shape index (κ2) is 7.31. The van der Waals surface area contributed by atoms with Gasteiger partial charge in [0.25, 0.3) is 5.91 Å². The van der Waals surface area contributed by atoms with Crippen LogP contribution in [-0.4, -0.2) is 10.5 Å². The average molecular weight is 409 g/mol. The van der Waals surface area contributed by atoms with Crippen LogP contribution in [0.1, 0.15) is 28.4 Å². The van der Waals surface area contributed by atoms with Crippen molar-refractivity contribution < 1.29 is 18.0 Å². The van der Waals surface area contributed by atoms with E-state index >= 15 is 0 Å². The maximum Gasteiger partial charge on any atom is 0.416 e. The number of benzene rings is 2. The van der Waals surface area contributed by atoms with Crippen molar-refractivity contribution in [2.75, 3.05) is 5.32 Å². The molecule has 0 spiro atoms. The summed E-state index contributed by atoms with van der Waals surface area (Å²) in [5.41, 5.74) is -0.310. The van der Waals surface area contributed by atoms with Gasteiger partial charge in [0.2, 0.25) is 5.43 Å². The van der Waals surface area contributed by atoms with Crippen molar-refractivity contribution >= 4 is 34.1 Å². The van der Waals surface area contributed by atoms with E-state index in [1.165, 1.54) is 6.20 Å². The van der Waals surface area contributed by atoms with Gasteiger partial charge in [-0.2, -0.15) is 13.2 Å². The second-order valence-corrected chi connectivity index (χ2v) is 6.73. The predicted octanol–water partition coefficient (Wildman–Crippen LogP) is 5.25. The normalized spacial score (nSPS) is 11.6. The van der Waals surface area contributed by atoms with E-state index in [4.69, 9.17) is 11.6 Å². The van der Waals surface area contributed by atoms with E-state index < -0.39 is 23.1 Å². The number of halogens is 4. The molecule has 0 aliphatic heterocycles. The van der Waals surface area contributed by atoms with Crippen molar-refractivity contribution in [1.29, 1.82) is 0 Å². The van der Waals surface area contributed by atoms with Crippen molar-refractivity contribution in [3.05, 3.63) is 74.5 Å². The number of aryl methyl sites for hydroxylation is 2. The third-order valence-electron chi connectivity index (χ3n) is 4.36. The molecule has 4 nitrogen and oxygen atoms in total. The van der Waals surface area contributed by atoms with Gasteiger partial charge in [-0.15, -0.1) is 0 Å². The summed E-state index contributed by atoms with van der Waals surface area (Å²) in [7, 11) is 0. The molecule has 1 N–H and O–H groups in total. The third-order valence-corrected chi connectivity index (χ3v) is 4.69. The molecule has 0 bridgehead atoms. The number of amides is 1. The van der Waals surface area contributed by atoms with Crippen LogP contribution in [0.2, 0.25) is 5.02 Å². The Morgan fingerprint density at radius 1 is 1.18 bits per heavy atom. The Labute approximate surface area is 163 Å². The summed E-state index contributed by atoms with van der Waals surface area (Å²) >= 11 is 5.93. The zero-order valence-electron chi connectivity index (χ0n) is 15.0. The summed E-state index contributed by atoms with van der Waals surface area (Å²) in [6, 6.07) is 7.94. The maximum atomic E-state index is 12.9. The lowest BCUT2D eigenvalue weighted by molar-refractivity contribution is -0.137. The molecule has 1 amide bonds. The molecule has 8 heteroatoms. The first kappa shape index (κ1) is 19.9. The van der Waals surface area contributed by atoms with Crippen LogP contribution in [0.25, 0.3) is 10.9 Å². The molecule has 0 atom stereocenters. The topological polar surface area (TPSA) is 51.1 Å². The van der Waals surface area contributed by atoms with Crippen LogP contribution < -0.4 is 10.7 Å². The molecule has 0 fully saturated rings. The highest BCUT2D eigenvalue weighted by Gasteiger charge is 2.31. The van der Waals surface area contributed by atoms with Gasteiger partial charge in [-0.05, 0) is 44.2 Å². The first-order valence-electron chi connectivity index (χ1n) is 8.43. The highest BCUT2D eigenvalue weighted by Crippen LogP contribution is 2.34. The number of pyridine rings is 1. The standard InChI is InChI=1S/C20H16ClF3N2O2/c1-3-26-10-14(18(27)13-8-11(2)4-7-17(13)26)19(28)25-16-9-12(20(22,23)24)5-6-15(16)21/h4-10H,3H2,1-2H3,(H,25,28). The Balaban J connectivity index is 2.08. The number of rotatable bonds is 3. The first-order chi connectivity index (χ1) is 13.1. The molecule has 0 aliphatic rings. The fraction of sp³-hybridized carbons (Fsp3) is 0.200. The molecular formula is C20H16ClF3N2O2. The van der Waals surface area contributed by atoms with Crippen molar-refractivity contribution in [3.63, 3.8) is 0 Å². The van der Waals surface area contributed by atoms with E-state index in [1.807, 2.05) is 19.9 Å². The van der Waals surface area contributed by atoms with Crippen LogP contribution in [0.4, 0.5) is 18.9 Å². The minimum Gasteiger partial charge on any atom is -0.347 e. The van der Waals surface area contributed by atoms with Gasteiger partial charge in [0.15, 0.2) is 0 Å². The van der Waals surface area contributed by atoms with Gasteiger partial charge in [-0.25, -0.2) is 0 Å². The van der Waals surface area contributed by atoms with Crippen molar-refractivity contribution in [1.82, 2.24) is 4.57 Å². The molecule has 0 unspecified atom stereocenters. The summed E-state index contributed by atoms with van der Waals surface area (Å²) < 4.78 is 40.5. The highest BCUT2D eigenvalue weighted by atomic mass is 35.5. The molecule has 0 saturated carbocycles. The molecule has 0 aliphatic carbocycles. The van der Waals surface area contributed by atoms with Gasteiger partial charge in [-0.3, -0.25) is 9.59 Å². The number of anilines is 1. The minimum absolute atomic E-state index is 0.0613. The van der Waals surface area contributed by atoms with Crippen molar-refractivity contribution in [3.8, 4) is 0 Å². The molecule has 2 aromatic carbocycles. The van der Waals surface area contributed by atoms with Gasteiger partial charge in [0.05, 0.1) is 21.8 Å². The average Bonchev–Trinajstić information content (AvgIpc) is 2.63. The zero-order chi connectivity index (χ0) is 20.6. The Hall–Kier alpha value is -2.80. The van der Waals surface area contributed by atoms with Gasteiger partial charge >= 0.3 is 6.18 Å². The van der Waals surface area contributed by atoms with Gasteiger partial charge < -0.3 is 9.88 Å². The van der Waals surface area contributed by atoms with Crippen LogP contribution in [0.3, 0.4) is 0 Å². The number of aromatic nitrogens is 1. The Morgan fingerprint density at radius 2 is 1.89 bits per heavy atom. The van der Waals surface area contributed by atoms with E-state index in [2.05, 4.69) is 5.32 Å². The lowest BCUT2D eigenvalue weighted by Gasteiger charge is -2.14. The maximum absolute atomic E-state index is 12.9. The lowest BCUT2D eigenvalue weighted by Crippen LogP contribution is -2.24. The number of hydrogen-bond acceptors (Lipinski definition) is 2. The van der Waals surface area contributed by atoms with Gasteiger partial charge in [0.1, 0.15) is 5.56 Å². The van der Waals surface area contributed by atoms with Crippen molar-refractivity contribution in [2.45, 2.75) is 26.6 Å². The molecule has 146 valence electrons. The number of hydrogen-bond donors (Lipinski definition) is 1. The molecule has 1 aromatic heterocycles. The SMILES string of the molecule is CCn1cc(C(=O)Nc2cc(C(F)(F)F)ccc2Cl)c(=O)c2cc(C)ccc21. The molecular weight excluding hydrogens is 393 g/mol. The summed E-state index contributed by atoms with van der Waals surface area (Å²) in [5, 5.41) is 2.63. The van der Waals surface area contributed by atoms with Crippen LogP contribution in [-0.2, 0) is 12.7 Å². The highest BCUT2D eigenvalue weighted by molar-refractivity contribution is 6.34.